The van der Waals surface area contributed by atoms with Gasteiger partial charge in [0.05, 0.1) is 5.02 Å². The van der Waals surface area contributed by atoms with E-state index in [-0.39, 0.29) is 6.79 Å². The van der Waals surface area contributed by atoms with Gasteiger partial charge in [-0.05, 0) is 38.1 Å². The van der Waals surface area contributed by atoms with E-state index in [1.807, 2.05) is 13.1 Å². The van der Waals surface area contributed by atoms with Crippen molar-refractivity contribution < 1.29 is 9.47 Å². The monoisotopic (exact) mass is 241 g/mol. The Balaban J connectivity index is 2.41. The van der Waals surface area contributed by atoms with Crippen LogP contribution in [0.3, 0.4) is 0 Å². The fourth-order valence-corrected chi connectivity index (χ4v) is 2.27. The van der Waals surface area contributed by atoms with Crippen LogP contribution in [0.25, 0.3) is 0 Å². The molecule has 0 radical (unpaired) electrons. The minimum absolute atomic E-state index is 0.275. The van der Waals surface area contributed by atoms with Crippen LogP contribution in [-0.2, 0) is 12.8 Å². The van der Waals surface area contributed by atoms with E-state index in [9.17, 15) is 0 Å². The van der Waals surface area contributed by atoms with Gasteiger partial charge >= 0.3 is 0 Å². The number of hydrogen-bond donors (Lipinski definition) is 1. The number of fused-ring (bicyclic) bond motifs is 1. The Morgan fingerprint density at radius 1 is 1.38 bits per heavy atom. The Morgan fingerprint density at radius 3 is 2.81 bits per heavy atom. The van der Waals surface area contributed by atoms with Crippen LogP contribution in [0.4, 0.5) is 0 Å². The van der Waals surface area contributed by atoms with E-state index in [0.29, 0.717) is 10.8 Å². The van der Waals surface area contributed by atoms with E-state index in [1.165, 1.54) is 11.1 Å². The molecule has 3 nitrogen and oxygen atoms in total. The third kappa shape index (κ3) is 1.97. The van der Waals surface area contributed by atoms with Crippen molar-refractivity contribution >= 4 is 11.6 Å². The normalized spacial score (nSPS) is 13.2. The summed E-state index contributed by atoms with van der Waals surface area (Å²) in [5.41, 5.74) is 2.46. The summed E-state index contributed by atoms with van der Waals surface area (Å²) in [6.07, 6.45) is 1.89. The standard InChI is InChI=1S/C12H16ClNO2/c1-3-9-8(4-5-14-2)6-10(13)12-11(9)15-7-16-12/h6,14H,3-5,7H2,1-2H3. The number of rotatable bonds is 4. The van der Waals surface area contributed by atoms with Gasteiger partial charge in [0, 0.05) is 5.56 Å². The first kappa shape index (κ1) is 11.6. The van der Waals surface area contributed by atoms with Crippen molar-refractivity contribution in [1.82, 2.24) is 5.32 Å². The molecule has 1 heterocycles. The van der Waals surface area contributed by atoms with Gasteiger partial charge in [-0.1, -0.05) is 18.5 Å². The number of halogens is 1. The van der Waals surface area contributed by atoms with Crippen LogP contribution in [0.5, 0.6) is 11.5 Å². The predicted molar refractivity (Wildman–Crippen MR) is 64.6 cm³/mol. The van der Waals surface area contributed by atoms with E-state index in [1.54, 1.807) is 0 Å². The zero-order valence-corrected chi connectivity index (χ0v) is 10.4. The molecule has 0 spiro atoms. The van der Waals surface area contributed by atoms with Crippen LogP contribution in [0.1, 0.15) is 18.1 Å². The van der Waals surface area contributed by atoms with Gasteiger partial charge in [0.1, 0.15) is 0 Å². The molecule has 1 aliphatic heterocycles. The lowest BCUT2D eigenvalue weighted by Crippen LogP contribution is -2.11. The number of likely N-dealkylation sites (N-methyl/N-ethyl adjacent to an activating group) is 1. The summed E-state index contributed by atoms with van der Waals surface area (Å²) < 4.78 is 10.9. The lowest BCUT2D eigenvalue weighted by atomic mass is 10.0. The molecule has 88 valence electrons. The molecule has 0 fully saturated rings. The lowest BCUT2D eigenvalue weighted by Gasteiger charge is -2.12. The van der Waals surface area contributed by atoms with Gasteiger partial charge in [0.2, 0.25) is 6.79 Å². The highest BCUT2D eigenvalue weighted by atomic mass is 35.5. The molecule has 1 aromatic carbocycles. The number of nitrogens with one attached hydrogen (secondary N) is 1. The zero-order valence-electron chi connectivity index (χ0n) is 9.60. The number of benzene rings is 1. The summed E-state index contributed by atoms with van der Waals surface area (Å²) in [6.45, 7) is 3.33. The molecular formula is C12H16ClNO2. The minimum atomic E-state index is 0.275. The SMILES string of the molecule is CCc1c(CCNC)cc(Cl)c2c1OCO2. The largest absolute Gasteiger partial charge is 0.453 e. The number of hydrogen-bond acceptors (Lipinski definition) is 3. The Labute approximate surface area is 101 Å². The molecule has 0 saturated carbocycles. The molecule has 0 atom stereocenters. The molecule has 0 saturated heterocycles. The molecule has 1 aromatic rings. The highest BCUT2D eigenvalue weighted by Gasteiger charge is 2.23. The first-order valence-electron chi connectivity index (χ1n) is 5.52. The molecular weight excluding hydrogens is 226 g/mol. The maximum absolute atomic E-state index is 6.16. The predicted octanol–water partition coefficient (Wildman–Crippen LogP) is 2.39. The van der Waals surface area contributed by atoms with Gasteiger partial charge in [0.25, 0.3) is 0 Å². The smallest absolute Gasteiger partial charge is 0.231 e. The van der Waals surface area contributed by atoms with Gasteiger partial charge in [-0.25, -0.2) is 0 Å². The quantitative estimate of drug-likeness (QED) is 0.878. The lowest BCUT2D eigenvalue weighted by molar-refractivity contribution is 0.173. The summed E-state index contributed by atoms with van der Waals surface area (Å²) in [5.74, 6) is 1.54. The van der Waals surface area contributed by atoms with Crippen LogP contribution < -0.4 is 14.8 Å². The van der Waals surface area contributed by atoms with Crippen LogP contribution in [-0.4, -0.2) is 20.4 Å². The van der Waals surface area contributed by atoms with Crippen molar-refractivity contribution in [2.45, 2.75) is 19.8 Å². The molecule has 16 heavy (non-hydrogen) atoms. The minimum Gasteiger partial charge on any atom is -0.453 e. The van der Waals surface area contributed by atoms with Crippen molar-refractivity contribution in [2.75, 3.05) is 20.4 Å². The van der Waals surface area contributed by atoms with Crippen molar-refractivity contribution in [1.29, 1.82) is 0 Å². The second kappa shape index (κ2) is 4.93. The van der Waals surface area contributed by atoms with Crippen LogP contribution in [0, 0.1) is 0 Å². The maximum Gasteiger partial charge on any atom is 0.231 e. The van der Waals surface area contributed by atoms with E-state index in [4.69, 9.17) is 21.1 Å². The van der Waals surface area contributed by atoms with Gasteiger partial charge in [-0.3, -0.25) is 0 Å². The fourth-order valence-electron chi connectivity index (χ4n) is 2.00. The number of ether oxygens (including phenoxy) is 2. The van der Waals surface area contributed by atoms with Crippen LogP contribution >= 0.6 is 11.6 Å². The third-order valence-corrected chi connectivity index (χ3v) is 3.07. The topological polar surface area (TPSA) is 30.5 Å². The first-order valence-corrected chi connectivity index (χ1v) is 5.90. The van der Waals surface area contributed by atoms with Gasteiger partial charge in [0.15, 0.2) is 11.5 Å². The Bertz CT molecular complexity index is 393. The molecule has 0 unspecified atom stereocenters. The van der Waals surface area contributed by atoms with E-state index in [2.05, 4.69) is 12.2 Å². The molecule has 2 rings (SSSR count). The van der Waals surface area contributed by atoms with Crippen molar-refractivity contribution in [3.63, 3.8) is 0 Å². The second-order valence-corrected chi connectivity index (χ2v) is 4.18. The van der Waals surface area contributed by atoms with Crippen molar-refractivity contribution in [3.05, 3.63) is 22.2 Å². The van der Waals surface area contributed by atoms with Crippen LogP contribution in [0.2, 0.25) is 5.02 Å². The summed E-state index contributed by atoms with van der Waals surface area (Å²) in [5, 5.41) is 3.79. The van der Waals surface area contributed by atoms with Gasteiger partial charge in [-0.15, -0.1) is 0 Å². The summed E-state index contributed by atoms with van der Waals surface area (Å²) in [7, 11) is 1.94. The third-order valence-electron chi connectivity index (χ3n) is 2.79. The molecule has 1 aliphatic rings. The average molecular weight is 242 g/mol. The highest BCUT2D eigenvalue weighted by molar-refractivity contribution is 6.32. The second-order valence-electron chi connectivity index (χ2n) is 3.77. The highest BCUT2D eigenvalue weighted by Crippen LogP contribution is 2.43. The van der Waals surface area contributed by atoms with Gasteiger partial charge in [-0.2, -0.15) is 0 Å². The molecule has 0 amide bonds. The van der Waals surface area contributed by atoms with E-state index >= 15 is 0 Å². The molecule has 1 N–H and O–H groups in total. The molecule has 0 aliphatic carbocycles. The van der Waals surface area contributed by atoms with Crippen LogP contribution in [0.15, 0.2) is 6.07 Å². The average Bonchev–Trinajstić information content (AvgIpc) is 2.76. The fraction of sp³-hybridized carbons (Fsp3) is 0.500. The Kier molecular flexibility index (Phi) is 3.56. The Morgan fingerprint density at radius 2 is 2.12 bits per heavy atom. The van der Waals surface area contributed by atoms with Crippen molar-refractivity contribution in [2.24, 2.45) is 0 Å². The van der Waals surface area contributed by atoms with Gasteiger partial charge < -0.3 is 14.8 Å². The molecule has 0 bridgehead atoms. The maximum atomic E-state index is 6.16. The Hall–Kier alpha value is -0.930. The molecule has 4 heteroatoms. The van der Waals surface area contributed by atoms with E-state index < -0.39 is 0 Å². The first-order chi connectivity index (χ1) is 7.77. The summed E-state index contributed by atoms with van der Waals surface area (Å²) >= 11 is 6.16. The van der Waals surface area contributed by atoms with E-state index in [0.717, 1.165) is 25.1 Å². The summed E-state index contributed by atoms with van der Waals surface area (Å²) in [6, 6.07) is 1.99. The zero-order chi connectivity index (χ0) is 11.5. The van der Waals surface area contributed by atoms with Crippen molar-refractivity contribution in [3.8, 4) is 11.5 Å². The molecule has 0 aromatic heterocycles. The summed E-state index contributed by atoms with van der Waals surface area (Å²) in [4.78, 5) is 0.